The van der Waals surface area contributed by atoms with Crippen LogP contribution in [0.15, 0.2) is 6.33 Å². The van der Waals surface area contributed by atoms with Crippen LogP contribution < -0.4 is 11.5 Å². The molecular weight excluding hydrogens is 284 g/mol. The fraction of sp³-hybridized carbons (Fsp3) is 0.667. The number of amides is 1. The number of nitrogens with zero attached hydrogens (tertiary/aromatic N) is 2. The van der Waals surface area contributed by atoms with Crippen LogP contribution in [0.1, 0.15) is 69.4 Å². The Kier molecular flexibility index (Phi) is 6.88. The Bertz CT molecular complexity index is 513. The van der Waals surface area contributed by atoms with E-state index in [4.69, 9.17) is 16.2 Å². The summed E-state index contributed by atoms with van der Waals surface area (Å²) in [4.78, 5) is 26.5. The first kappa shape index (κ1) is 18.0. The van der Waals surface area contributed by atoms with Crippen molar-refractivity contribution in [3.8, 4) is 0 Å². The quantitative estimate of drug-likeness (QED) is 0.535. The molecule has 0 fully saturated rings. The number of nitrogens with two attached hydrogens (primary N) is 2. The van der Waals surface area contributed by atoms with Gasteiger partial charge < -0.3 is 20.8 Å². The van der Waals surface area contributed by atoms with Gasteiger partial charge in [0.15, 0.2) is 5.69 Å². The molecule has 7 nitrogen and oxygen atoms in total. The molecule has 0 aliphatic rings. The van der Waals surface area contributed by atoms with E-state index in [1.54, 1.807) is 4.57 Å². The van der Waals surface area contributed by atoms with E-state index in [0.717, 1.165) is 32.1 Å². The van der Waals surface area contributed by atoms with Gasteiger partial charge in [0.2, 0.25) is 0 Å². The maximum Gasteiger partial charge on any atom is 0.302 e. The van der Waals surface area contributed by atoms with Crippen LogP contribution in [-0.2, 0) is 9.53 Å². The Morgan fingerprint density at radius 3 is 2.55 bits per heavy atom. The second kappa shape index (κ2) is 8.41. The Morgan fingerprint density at radius 1 is 1.36 bits per heavy atom. The molecule has 2 unspecified atom stereocenters. The lowest BCUT2D eigenvalue weighted by atomic mass is 10.0. The van der Waals surface area contributed by atoms with Gasteiger partial charge in [0.05, 0.1) is 12.4 Å². The highest BCUT2D eigenvalue weighted by atomic mass is 16.5. The summed E-state index contributed by atoms with van der Waals surface area (Å²) in [5, 5.41) is 0. The first-order valence-corrected chi connectivity index (χ1v) is 7.67. The largest absolute Gasteiger partial charge is 0.461 e. The maximum absolute atomic E-state index is 11.3. The number of esters is 1. The van der Waals surface area contributed by atoms with Crippen LogP contribution in [0, 0.1) is 0 Å². The minimum absolute atomic E-state index is 0.0496. The number of anilines is 1. The van der Waals surface area contributed by atoms with Gasteiger partial charge in [-0.05, 0) is 13.3 Å². The maximum atomic E-state index is 11.3. The van der Waals surface area contributed by atoms with Gasteiger partial charge in [0.1, 0.15) is 11.9 Å². The molecule has 0 bridgehead atoms. The van der Waals surface area contributed by atoms with Gasteiger partial charge >= 0.3 is 5.97 Å². The Morgan fingerprint density at radius 2 is 2.05 bits per heavy atom. The van der Waals surface area contributed by atoms with E-state index in [1.807, 2.05) is 6.92 Å². The molecule has 124 valence electrons. The summed E-state index contributed by atoms with van der Waals surface area (Å²) in [7, 11) is 0. The first-order valence-electron chi connectivity index (χ1n) is 7.67. The van der Waals surface area contributed by atoms with E-state index in [1.165, 1.54) is 13.3 Å². The normalized spacial score (nSPS) is 13.6. The van der Waals surface area contributed by atoms with Gasteiger partial charge in [-0.2, -0.15) is 0 Å². The number of rotatable bonds is 9. The van der Waals surface area contributed by atoms with Crippen molar-refractivity contribution in [3.63, 3.8) is 0 Å². The lowest BCUT2D eigenvalue weighted by Gasteiger charge is -2.26. The van der Waals surface area contributed by atoms with Crippen LogP contribution in [0.2, 0.25) is 0 Å². The molecule has 0 saturated heterocycles. The van der Waals surface area contributed by atoms with Crippen molar-refractivity contribution < 1.29 is 14.3 Å². The van der Waals surface area contributed by atoms with Crippen molar-refractivity contribution in [1.82, 2.24) is 9.55 Å². The Labute approximate surface area is 131 Å². The molecule has 1 rings (SSSR count). The zero-order chi connectivity index (χ0) is 16.7. The van der Waals surface area contributed by atoms with Crippen LogP contribution in [0.5, 0.6) is 0 Å². The second-order valence-electron chi connectivity index (χ2n) is 5.48. The molecule has 0 aromatic carbocycles. The molecule has 1 aromatic rings. The minimum atomic E-state index is -0.666. The van der Waals surface area contributed by atoms with E-state index < -0.39 is 5.91 Å². The third-order valence-corrected chi connectivity index (χ3v) is 3.67. The van der Waals surface area contributed by atoms with E-state index in [9.17, 15) is 9.59 Å². The average molecular weight is 310 g/mol. The lowest BCUT2D eigenvalue weighted by molar-refractivity contribution is -0.147. The molecule has 7 heteroatoms. The van der Waals surface area contributed by atoms with Crippen LogP contribution in [0.3, 0.4) is 0 Å². The summed E-state index contributed by atoms with van der Waals surface area (Å²) >= 11 is 0. The molecular formula is C15H26N4O3. The van der Waals surface area contributed by atoms with Gasteiger partial charge in [0, 0.05) is 6.92 Å². The molecule has 0 aliphatic heterocycles. The number of imidazole rings is 1. The standard InChI is InChI=1S/C15H26N4O3/c1-4-5-6-7-8-12(10(2)22-11(3)20)19-9-18-13(14(19)16)15(17)21/h9-10,12H,4-8,16H2,1-3H3,(H2,17,21). The number of ether oxygens (including phenoxy) is 1. The average Bonchev–Trinajstić information content (AvgIpc) is 2.80. The summed E-state index contributed by atoms with van der Waals surface area (Å²) in [6, 6.07) is -0.165. The number of aromatic nitrogens is 2. The summed E-state index contributed by atoms with van der Waals surface area (Å²) in [5.74, 6) is -0.798. The fourth-order valence-corrected chi connectivity index (χ4v) is 2.55. The number of carbonyl (C=O) groups is 2. The van der Waals surface area contributed by atoms with Gasteiger partial charge in [-0.25, -0.2) is 4.98 Å². The van der Waals surface area contributed by atoms with Gasteiger partial charge in [-0.3, -0.25) is 9.59 Å². The highest BCUT2D eigenvalue weighted by Crippen LogP contribution is 2.26. The summed E-state index contributed by atoms with van der Waals surface area (Å²) in [6.45, 7) is 5.33. The Hall–Kier alpha value is -2.05. The fourth-order valence-electron chi connectivity index (χ4n) is 2.55. The van der Waals surface area contributed by atoms with Gasteiger partial charge in [-0.1, -0.05) is 32.6 Å². The lowest BCUT2D eigenvalue weighted by Crippen LogP contribution is -2.27. The van der Waals surface area contributed by atoms with E-state index in [0.29, 0.717) is 0 Å². The zero-order valence-corrected chi connectivity index (χ0v) is 13.5. The molecule has 1 heterocycles. The van der Waals surface area contributed by atoms with Crippen molar-refractivity contribution in [3.05, 3.63) is 12.0 Å². The van der Waals surface area contributed by atoms with Crippen molar-refractivity contribution in [1.29, 1.82) is 0 Å². The predicted molar refractivity (Wildman–Crippen MR) is 84.2 cm³/mol. The highest BCUT2D eigenvalue weighted by molar-refractivity contribution is 5.95. The molecule has 0 radical (unpaired) electrons. The third-order valence-electron chi connectivity index (χ3n) is 3.67. The van der Waals surface area contributed by atoms with Crippen molar-refractivity contribution in [2.75, 3.05) is 5.73 Å². The number of hydrogen-bond acceptors (Lipinski definition) is 5. The summed E-state index contributed by atoms with van der Waals surface area (Å²) in [5.41, 5.74) is 11.3. The summed E-state index contributed by atoms with van der Waals surface area (Å²) in [6.07, 6.45) is 6.28. The highest BCUT2D eigenvalue weighted by Gasteiger charge is 2.25. The van der Waals surface area contributed by atoms with Crippen molar-refractivity contribution in [2.24, 2.45) is 5.73 Å². The molecule has 0 aliphatic carbocycles. The molecule has 1 amide bonds. The van der Waals surface area contributed by atoms with Gasteiger partial charge in [-0.15, -0.1) is 0 Å². The van der Waals surface area contributed by atoms with Crippen LogP contribution in [-0.4, -0.2) is 27.5 Å². The van der Waals surface area contributed by atoms with Crippen LogP contribution in [0.25, 0.3) is 0 Å². The van der Waals surface area contributed by atoms with Gasteiger partial charge in [0.25, 0.3) is 5.91 Å². The number of hydrogen-bond donors (Lipinski definition) is 2. The zero-order valence-electron chi connectivity index (χ0n) is 13.5. The van der Waals surface area contributed by atoms with Crippen molar-refractivity contribution >= 4 is 17.7 Å². The van der Waals surface area contributed by atoms with E-state index in [-0.39, 0.29) is 29.6 Å². The minimum Gasteiger partial charge on any atom is -0.461 e. The van der Waals surface area contributed by atoms with E-state index in [2.05, 4.69) is 11.9 Å². The topological polar surface area (TPSA) is 113 Å². The first-order chi connectivity index (χ1) is 10.4. The molecule has 4 N–H and O–H groups in total. The smallest absolute Gasteiger partial charge is 0.302 e. The third kappa shape index (κ3) is 4.75. The monoisotopic (exact) mass is 310 g/mol. The molecule has 0 saturated carbocycles. The SMILES string of the molecule is CCCCCCC(C(C)OC(C)=O)n1cnc(C(N)=O)c1N. The number of primary amides is 1. The van der Waals surface area contributed by atoms with Crippen LogP contribution in [0.4, 0.5) is 5.82 Å². The predicted octanol–water partition coefficient (Wildman–Crippen LogP) is 2.03. The summed E-state index contributed by atoms with van der Waals surface area (Å²) < 4.78 is 6.97. The van der Waals surface area contributed by atoms with Crippen LogP contribution >= 0.6 is 0 Å². The number of nitrogen functional groups attached to an aromatic ring is 1. The van der Waals surface area contributed by atoms with E-state index >= 15 is 0 Å². The molecule has 2 atom stereocenters. The molecule has 22 heavy (non-hydrogen) atoms. The Balaban J connectivity index is 2.93. The second-order valence-corrected chi connectivity index (χ2v) is 5.48. The number of carbonyl (C=O) groups excluding carboxylic acids is 2. The van der Waals surface area contributed by atoms with Crippen molar-refractivity contribution in [2.45, 2.75) is 65.0 Å². The molecule has 0 spiro atoms. The molecule has 1 aromatic heterocycles. The number of unbranched alkanes of at least 4 members (excludes halogenated alkanes) is 3.